The molecule has 0 aromatic carbocycles. The van der Waals surface area contributed by atoms with E-state index in [-0.39, 0.29) is 0 Å². The number of aromatic nitrogens is 3. The van der Waals surface area contributed by atoms with E-state index in [9.17, 15) is 0 Å². The summed E-state index contributed by atoms with van der Waals surface area (Å²) in [6.45, 7) is 6.12. The molecule has 3 heteroatoms. The first-order valence-corrected chi connectivity index (χ1v) is 4.02. The van der Waals surface area contributed by atoms with E-state index in [4.69, 9.17) is 0 Å². The van der Waals surface area contributed by atoms with Crippen molar-refractivity contribution in [3.8, 4) is 0 Å². The number of allylic oxidation sites excluding steroid dienone is 3. The summed E-state index contributed by atoms with van der Waals surface area (Å²) in [6.07, 6.45) is 5.43. The van der Waals surface area contributed by atoms with Crippen LogP contribution in [0.25, 0.3) is 5.70 Å². The molecule has 0 unspecified atom stereocenters. The SMILES string of the molecule is C=C1CCC(C)=C1n1cncn1. The van der Waals surface area contributed by atoms with Gasteiger partial charge in [-0.15, -0.1) is 0 Å². The normalized spacial score (nSPS) is 17.6. The summed E-state index contributed by atoms with van der Waals surface area (Å²) < 4.78 is 1.80. The Morgan fingerprint density at radius 1 is 1.50 bits per heavy atom. The molecule has 3 nitrogen and oxygen atoms in total. The van der Waals surface area contributed by atoms with E-state index < -0.39 is 0 Å². The van der Waals surface area contributed by atoms with Crippen LogP contribution >= 0.6 is 0 Å². The van der Waals surface area contributed by atoms with E-state index in [0.717, 1.165) is 24.1 Å². The van der Waals surface area contributed by atoms with Gasteiger partial charge in [0.25, 0.3) is 0 Å². The molecule has 0 spiro atoms. The second-order valence-electron chi connectivity index (χ2n) is 3.07. The third kappa shape index (κ3) is 0.978. The average Bonchev–Trinajstić information content (AvgIpc) is 2.61. The zero-order chi connectivity index (χ0) is 8.55. The number of rotatable bonds is 1. The minimum atomic E-state index is 1.06. The van der Waals surface area contributed by atoms with Crippen molar-refractivity contribution in [3.63, 3.8) is 0 Å². The molecule has 0 amide bonds. The van der Waals surface area contributed by atoms with Gasteiger partial charge in [0.2, 0.25) is 0 Å². The van der Waals surface area contributed by atoms with Gasteiger partial charge >= 0.3 is 0 Å². The Hall–Kier alpha value is -1.38. The van der Waals surface area contributed by atoms with Gasteiger partial charge in [-0.25, -0.2) is 9.67 Å². The van der Waals surface area contributed by atoms with Crippen LogP contribution in [0.5, 0.6) is 0 Å². The lowest BCUT2D eigenvalue weighted by Crippen LogP contribution is -1.97. The van der Waals surface area contributed by atoms with Crippen LogP contribution in [-0.2, 0) is 0 Å². The van der Waals surface area contributed by atoms with Crippen molar-refractivity contribution in [1.29, 1.82) is 0 Å². The van der Waals surface area contributed by atoms with Gasteiger partial charge in [-0.05, 0) is 30.9 Å². The molecule has 1 aromatic rings. The van der Waals surface area contributed by atoms with Crippen molar-refractivity contribution in [2.24, 2.45) is 0 Å². The fraction of sp³-hybridized carbons (Fsp3) is 0.333. The summed E-state index contributed by atoms with van der Waals surface area (Å²) in [5, 5.41) is 4.09. The molecule has 62 valence electrons. The molecule has 12 heavy (non-hydrogen) atoms. The standard InChI is InChI=1S/C9H11N3/c1-7-3-4-8(2)9(7)12-6-10-5-11-12/h5-6H,1,3-4H2,2H3. The second kappa shape index (κ2) is 2.59. The maximum absolute atomic E-state index is 4.09. The van der Waals surface area contributed by atoms with Crippen molar-refractivity contribution in [2.45, 2.75) is 19.8 Å². The molecule has 1 aromatic heterocycles. The van der Waals surface area contributed by atoms with Gasteiger partial charge in [0, 0.05) is 0 Å². The van der Waals surface area contributed by atoms with Crippen LogP contribution in [0, 0.1) is 0 Å². The first-order chi connectivity index (χ1) is 5.79. The number of hydrogen-bond acceptors (Lipinski definition) is 2. The van der Waals surface area contributed by atoms with E-state index in [0.29, 0.717) is 0 Å². The van der Waals surface area contributed by atoms with Gasteiger partial charge in [0.1, 0.15) is 12.7 Å². The lowest BCUT2D eigenvalue weighted by atomic mass is 10.2. The van der Waals surface area contributed by atoms with E-state index in [1.54, 1.807) is 17.3 Å². The molecule has 0 aliphatic heterocycles. The van der Waals surface area contributed by atoms with Crippen LogP contribution in [0.1, 0.15) is 19.8 Å². The summed E-state index contributed by atoms with van der Waals surface area (Å²) in [5.74, 6) is 0. The molecule has 0 bridgehead atoms. The lowest BCUT2D eigenvalue weighted by molar-refractivity contribution is 0.897. The lowest BCUT2D eigenvalue weighted by Gasteiger charge is -2.03. The third-order valence-electron chi connectivity index (χ3n) is 2.19. The predicted molar refractivity (Wildman–Crippen MR) is 47.3 cm³/mol. The van der Waals surface area contributed by atoms with Crippen LogP contribution in [-0.4, -0.2) is 14.8 Å². The molecule has 0 radical (unpaired) electrons. The Morgan fingerprint density at radius 3 is 2.83 bits per heavy atom. The first-order valence-electron chi connectivity index (χ1n) is 4.02. The second-order valence-corrected chi connectivity index (χ2v) is 3.07. The van der Waals surface area contributed by atoms with Crippen molar-refractivity contribution in [3.05, 3.63) is 30.4 Å². The van der Waals surface area contributed by atoms with E-state index >= 15 is 0 Å². The highest BCUT2D eigenvalue weighted by Gasteiger charge is 2.16. The molecule has 1 aliphatic carbocycles. The first kappa shape index (κ1) is 7.28. The molecule has 0 saturated heterocycles. The molecule has 0 saturated carbocycles. The Labute approximate surface area is 71.4 Å². The summed E-state index contributed by atoms with van der Waals surface area (Å²) in [4.78, 5) is 3.91. The smallest absolute Gasteiger partial charge is 0.138 e. The minimum absolute atomic E-state index is 1.06. The van der Waals surface area contributed by atoms with Crippen LogP contribution in [0.15, 0.2) is 30.4 Å². The molecular formula is C9H11N3. The zero-order valence-electron chi connectivity index (χ0n) is 7.12. The number of nitrogens with zero attached hydrogens (tertiary/aromatic N) is 3. The molecule has 1 heterocycles. The van der Waals surface area contributed by atoms with Crippen molar-refractivity contribution < 1.29 is 0 Å². The highest BCUT2D eigenvalue weighted by atomic mass is 15.3. The molecule has 2 rings (SSSR count). The predicted octanol–water partition coefficient (Wildman–Crippen LogP) is 1.86. The maximum Gasteiger partial charge on any atom is 0.138 e. The summed E-state index contributed by atoms with van der Waals surface area (Å²) in [6, 6.07) is 0. The van der Waals surface area contributed by atoms with Gasteiger partial charge in [0.15, 0.2) is 0 Å². The maximum atomic E-state index is 4.09. The fourth-order valence-electron chi connectivity index (χ4n) is 1.56. The molecule has 0 fully saturated rings. The molecular weight excluding hydrogens is 150 g/mol. The summed E-state index contributed by atoms with van der Waals surface area (Å²) in [5.41, 5.74) is 3.66. The fourth-order valence-corrected chi connectivity index (χ4v) is 1.56. The van der Waals surface area contributed by atoms with Gasteiger partial charge in [-0.1, -0.05) is 6.58 Å². The van der Waals surface area contributed by atoms with E-state index in [2.05, 4.69) is 23.6 Å². The largest absolute Gasteiger partial charge is 0.223 e. The topological polar surface area (TPSA) is 30.7 Å². The highest BCUT2D eigenvalue weighted by molar-refractivity contribution is 5.68. The number of hydrogen-bond donors (Lipinski definition) is 0. The highest BCUT2D eigenvalue weighted by Crippen LogP contribution is 2.32. The zero-order valence-corrected chi connectivity index (χ0v) is 7.12. The molecule has 0 atom stereocenters. The Balaban J connectivity index is 2.47. The Bertz CT molecular complexity index is 333. The minimum Gasteiger partial charge on any atom is -0.223 e. The summed E-state index contributed by atoms with van der Waals surface area (Å²) in [7, 11) is 0. The van der Waals surface area contributed by atoms with Gasteiger partial charge in [-0.3, -0.25) is 0 Å². The quantitative estimate of drug-likeness (QED) is 0.629. The van der Waals surface area contributed by atoms with Crippen molar-refractivity contribution in [2.75, 3.05) is 0 Å². The van der Waals surface area contributed by atoms with Crippen LogP contribution in [0.3, 0.4) is 0 Å². The average molecular weight is 161 g/mol. The Morgan fingerprint density at radius 2 is 2.33 bits per heavy atom. The van der Waals surface area contributed by atoms with Crippen LogP contribution in [0.2, 0.25) is 0 Å². The van der Waals surface area contributed by atoms with Gasteiger partial charge < -0.3 is 0 Å². The summed E-state index contributed by atoms with van der Waals surface area (Å²) >= 11 is 0. The van der Waals surface area contributed by atoms with E-state index in [1.807, 2.05) is 0 Å². The monoisotopic (exact) mass is 161 g/mol. The van der Waals surface area contributed by atoms with Gasteiger partial charge in [0.05, 0.1) is 5.70 Å². The van der Waals surface area contributed by atoms with Crippen LogP contribution < -0.4 is 0 Å². The Kier molecular flexibility index (Phi) is 1.57. The van der Waals surface area contributed by atoms with E-state index in [1.165, 1.54) is 5.57 Å². The van der Waals surface area contributed by atoms with Crippen LogP contribution in [0.4, 0.5) is 0 Å². The molecule has 0 N–H and O–H groups in total. The van der Waals surface area contributed by atoms with Gasteiger partial charge in [-0.2, -0.15) is 5.10 Å². The molecule has 1 aliphatic rings. The van der Waals surface area contributed by atoms with Crippen molar-refractivity contribution in [1.82, 2.24) is 14.8 Å². The van der Waals surface area contributed by atoms with Crippen molar-refractivity contribution >= 4 is 5.70 Å². The third-order valence-corrected chi connectivity index (χ3v) is 2.19.